The van der Waals surface area contributed by atoms with Gasteiger partial charge in [-0.15, -0.1) is 0 Å². The fourth-order valence-corrected chi connectivity index (χ4v) is 3.20. The second kappa shape index (κ2) is 8.02. The molecule has 1 aromatic carbocycles. The Balaban J connectivity index is 1.99. The molecule has 20 heavy (non-hydrogen) atoms. The monoisotopic (exact) mass is 295 g/mol. The van der Waals surface area contributed by atoms with Gasteiger partial charge in [-0.3, -0.25) is 0 Å². The van der Waals surface area contributed by atoms with Crippen LogP contribution >= 0.6 is 11.6 Å². The van der Waals surface area contributed by atoms with Gasteiger partial charge in [0.1, 0.15) is 0 Å². The second-order valence-corrected chi connectivity index (χ2v) is 6.23. The van der Waals surface area contributed by atoms with Crippen LogP contribution in [0.5, 0.6) is 0 Å². The van der Waals surface area contributed by atoms with Crippen molar-refractivity contribution in [2.75, 3.05) is 13.6 Å². The van der Waals surface area contributed by atoms with Crippen molar-refractivity contribution in [2.24, 2.45) is 5.92 Å². The first-order valence-electron chi connectivity index (χ1n) is 7.78. The molecule has 1 fully saturated rings. The molecule has 1 aliphatic carbocycles. The molecule has 0 saturated heterocycles. The van der Waals surface area contributed by atoms with Crippen LogP contribution in [0, 0.1) is 5.92 Å². The van der Waals surface area contributed by atoms with E-state index in [1.165, 1.54) is 37.7 Å². The van der Waals surface area contributed by atoms with Crippen LogP contribution in [0.1, 0.15) is 50.7 Å². The fraction of sp³-hybridized carbons (Fsp3) is 0.647. The Labute approximate surface area is 127 Å². The summed E-state index contributed by atoms with van der Waals surface area (Å²) in [6.07, 6.45) is 6.89. The van der Waals surface area contributed by atoms with Crippen molar-refractivity contribution in [3.63, 3.8) is 0 Å². The van der Waals surface area contributed by atoms with Crippen molar-refractivity contribution in [2.45, 2.75) is 51.2 Å². The summed E-state index contributed by atoms with van der Waals surface area (Å²) in [5.41, 5.74) is 1.21. The van der Waals surface area contributed by atoms with Crippen LogP contribution in [0.4, 0.5) is 0 Å². The first-order chi connectivity index (χ1) is 9.72. The average Bonchev–Trinajstić information content (AvgIpc) is 2.48. The van der Waals surface area contributed by atoms with Crippen molar-refractivity contribution in [1.82, 2.24) is 5.32 Å². The number of hydrogen-bond acceptors (Lipinski definition) is 2. The lowest BCUT2D eigenvalue weighted by Crippen LogP contribution is -2.28. The number of rotatable bonds is 6. The second-order valence-electron chi connectivity index (χ2n) is 5.80. The molecule has 2 rings (SSSR count). The van der Waals surface area contributed by atoms with Gasteiger partial charge in [-0.1, -0.05) is 49.9 Å². The quantitative estimate of drug-likeness (QED) is 0.829. The van der Waals surface area contributed by atoms with Gasteiger partial charge in [-0.25, -0.2) is 0 Å². The SMILES string of the molecule is CCC1CCCC(OC(CNC)c2ccc(Cl)cc2)C1. The predicted octanol–water partition coefficient (Wildman–Crippen LogP) is 4.59. The Morgan fingerprint density at radius 1 is 1.30 bits per heavy atom. The van der Waals surface area contributed by atoms with Gasteiger partial charge in [0, 0.05) is 11.6 Å². The Bertz CT molecular complexity index is 392. The highest BCUT2D eigenvalue weighted by molar-refractivity contribution is 6.30. The Hall–Kier alpha value is -0.570. The first-order valence-corrected chi connectivity index (χ1v) is 8.16. The molecule has 1 aromatic rings. The molecule has 0 aromatic heterocycles. The average molecular weight is 296 g/mol. The van der Waals surface area contributed by atoms with Gasteiger partial charge in [-0.2, -0.15) is 0 Å². The van der Waals surface area contributed by atoms with Gasteiger partial charge >= 0.3 is 0 Å². The molecule has 0 radical (unpaired) electrons. The molecule has 0 bridgehead atoms. The number of benzene rings is 1. The van der Waals surface area contributed by atoms with Gasteiger partial charge in [-0.05, 0) is 43.5 Å². The van der Waals surface area contributed by atoms with Crippen molar-refractivity contribution < 1.29 is 4.74 Å². The molecule has 1 aliphatic rings. The van der Waals surface area contributed by atoms with E-state index in [1.54, 1.807) is 0 Å². The molecule has 3 unspecified atom stereocenters. The third-order valence-corrected chi connectivity index (χ3v) is 4.55. The number of hydrogen-bond donors (Lipinski definition) is 1. The van der Waals surface area contributed by atoms with Gasteiger partial charge in [0.25, 0.3) is 0 Å². The van der Waals surface area contributed by atoms with Crippen LogP contribution < -0.4 is 5.32 Å². The highest BCUT2D eigenvalue weighted by atomic mass is 35.5. The molecule has 1 N–H and O–H groups in total. The molecule has 0 amide bonds. The molecular formula is C17H26ClNO. The van der Waals surface area contributed by atoms with Gasteiger partial charge in [0.05, 0.1) is 12.2 Å². The predicted molar refractivity (Wildman–Crippen MR) is 85.2 cm³/mol. The molecule has 0 spiro atoms. The van der Waals surface area contributed by atoms with Crippen LogP contribution in [-0.4, -0.2) is 19.7 Å². The molecule has 112 valence electrons. The van der Waals surface area contributed by atoms with E-state index in [1.807, 2.05) is 19.2 Å². The molecule has 0 aliphatic heterocycles. The summed E-state index contributed by atoms with van der Waals surface area (Å²) < 4.78 is 6.38. The zero-order chi connectivity index (χ0) is 14.4. The van der Waals surface area contributed by atoms with E-state index in [-0.39, 0.29) is 6.10 Å². The summed E-state index contributed by atoms with van der Waals surface area (Å²) in [4.78, 5) is 0. The molecule has 3 heteroatoms. The lowest BCUT2D eigenvalue weighted by Gasteiger charge is -2.32. The molecular weight excluding hydrogens is 270 g/mol. The van der Waals surface area contributed by atoms with E-state index >= 15 is 0 Å². The maximum Gasteiger partial charge on any atom is 0.0952 e. The molecule has 2 nitrogen and oxygen atoms in total. The van der Waals surface area contributed by atoms with Crippen molar-refractivity contribution >= 4 is 11.6 Å². The van der Waals surface area contributed by atoms with Crippen LogP contribution in [0.3, 0.4) is 0 Å². The molecule has 3 atom stereocenters. The maximum atomic E-state index is 6.38. The van der Waals surface area contributed by atoms with Crippen LogP contribution in [0.25, 0.3) is 0 Å². The van der Waals surface area contributed by atoms with E-state index in [9.17, 15) is 0 Å². The lowest BCUT2D eigenvalue weighted by molar-refractivity contribution is -0.0408. The summed E-state index contributed by atoms with van der Waals surface area (Å²) in [5, 5.41) is 4.02. The summed E-state index contributed by atoms with van der Waals surface area (Å²) in [5.74, 6) is 0.842. The van der Waals surface area contributed by atoms with Gasteiger partial charge < -0.3 is 10.1 Å². The Morgan fingerprint density at radius 2 is 2.05 bits per heavy atom. The van der Waals surface area contributed by atoms with Gasteiger partial charge in [0.2, 0.25) is 0 Å². The third-order valence-electron chi connectivity index (χ3n) is 4.30. The standard InChI is InChI=1S/C17H26ClNO/c1-3-13-5-4-6-16(11-13)20-17(12-19-2)14-7-9-15(18)10-8-14/h7-10,13,16-17,19H,3-6,11-12H2,1-2H3. The van der Waals surface area contributed by atoms with Crippen molar-refractivity contribution in [1.29, 1.82) is 0 Å². The van der Waals surface area contributed by atoms with Crippen LogP contribution in [-0.2, 0) is 4.74 Å². The maximum absolute atomic E-state index is 6.38. The first kappa shape index (κ1) is 15.8. The lowest BCUT2D eigenvalue weighted by atomic mass is 9.85. The largest absolute Gasteiger partial charge is 0.369 e. The zero-order valence-corrected chi connectivity index (χ0v) is 13.3. The highest BCUT2D eigenvalue weighted by Crippen LogP contribution is 2.32. The minimum Gasteiger partial charge on any atom is -0.369 e. The smallest absolute Gasteiger partial charge is 0.0952 e. The Morgan fingerprint density at radius 3 is 2.70 bits per heavy atom. The number of likely N-dealkylation sites (N-methyl/N-ethyl adjacent to an activating group) is 1. The highest BCUT2D eigenvalue weighted by Gasteiger charge is 2.24. The van der Waals surface area contributed by atoms with E-state index in [2.05, 4.69) is 24.4 Å². The number of nitrogens with one attached hydrogen (secondary N) is 1. The summed E-state index contributed by atoms with van der Waals surface area (Å²) in [7, 11) is 1.97. The molecule has 1 saturated carbocycles. The molecule has 0 heterocycles. The summed E-state index contributed by atoms with van der Waals surface area (Å²) in [6.45, 7) is 3.13. The van der Waals surface area contributed by atoms with Crippen LogP contribution in [0.15, 0.2) is 24.3 Å². The van der Waals surface area contributed by atoms with E-state index in [0.717, 1.165) is 17.5 Å². The normalized spacial score (nSPS) is 24.6. The van der Waals surface area contributed by atoms with Gasteiger partial charge in [0.15, 0.2) is 0 Å². The van der Waals surface area contributed by atoms with Crippen LogP contribution in [0.2, 0.25) is 5.02 Å². The minimum atomic E-state index is 0.123. The third kappa shape index (κ3) is 4.47. The summed E-state index contributed by atoms with van der Waals surface area (Å²) >= 11 is 5.97. The van der Waals surface area contributed by atoms with Crippen molar-refractivity contribution in [3.8, 4) is 0 Å². The van der Waals surface area contributed by atoms with E-state index in [4.69, 9.17) is 16.3 Å². The van der Waals surface area contributed by atoms with E-state index < -0.39 is 0 Å². The Kier molecular flexibility index (Phi) is 6.34. The van der Waals surface area contributed by atoms with Crippen molar-refractivity contribution in [3.05, 3.63) is 34.9 Å². The topological polar surface area (TPSA) is 21.3 Å². The summed E-state index contributed by atoms with van der Waals surface area (Å²) in [6, 6.07) is 8.03. The fourth-order valence-electron chi connectivity index (χ4n) is 3.08. The minimum absolute atomic E-state index is 0.123. The number of ether oxygens (including phenoxy) is 1. The zero-order valence-electron chi connectivity index (χ0n) is 12.6. The van der Waals surface area contributed by atoms with E-state index in [0.29, 0.717) is 6.10 Å². The number of halogens is 1.